The van der Waals surface area contributed by atoms with Gasteiger partial charge < -0.3 is 10.4 Å². The van der Waals surface area contributed by atoms with Crippen molar-refractivity contribution >= 4 is 29.0 Å². The molecule has 51 heavy (non-hydrogen) atoms. The Kier molecular flexibility index (Phi) is 13.0. The van der Waals surface area contributed by atoms with E-state index in [0.29, 0.717) is 16.6 Å². The van der Waals surface area contributed by atoms with Crippen LogP contribution in [0.5, 0.6) is 0 Å². The molecule has 1 aliphatic rings. The molecule has 0 saturated heterocycles. The third-order valence-electron chi connectivity index (χ3n) is 10.3. The van der Waals surface area contributed by atoms with Crippen LogP contribution in [0, 0.1) is 11.8 Å². The van der Waals surface area contributed by atoms with Crippen LogP contribution < -0.4 is 5.32 Å². The number of ketones is 1. The topological polar surface area (TPSA) is 109 Å². The lowest BCUT2D eigenvalue weighted by molar-refractivity contribution is -0.141. The zero-order valence-corrected chi connectivity index (χ0v) is 31.6. The molecule has 2 heterocycles. The van der Waals surface area contributed by atoms with E-state index in [4.69, 9.17) is 0 Å². The maximum Gasteiger partial charge on any atom is 0.325 e. The summed E-state index contributed by atoms with van der Waals surface area (Å²) in [6.07, 6.45) is 14.7. The number of carboxylic acid groups (broad SMARTS) is 1. The van der Waals surface area contributed by atoms with Crippen molar-refractivity contribution in [2.24, 2.45) is 11.8 Å². The molecule has 7 nitrogen and oxygen atoms in total. The standard InChI is InChI=1S/C43H53N3O4S/c1-6-7-8-9-29-10-14-31(15-11-29)32-18-20-33(21-19-32)36-26-44-40(45-27-36)34-16-12-30(13-17-34)24-35(41(48)46-28(2)42(49)50)25-37(47)38-22-23-39(51-38)43(3,4)5/h12-13,16-23,26-29,31,35H,6-11,14-15,24-25H2,1-5H3,(H,46,48)(H,49,50)/t28-,29?,31?,35-/m1/s1. The number of nitrogens with zero attached hydrogens (tertiary/aromatic N) is 2. The number of hydrogen-bond acceptors (Lipinski definition) is 6. The Bertz CT molecular complexity index is 1750. The first-order chi connectivity index (χ1) is 24.4. The lowest BCUT2D eigenvalue weighted by Gasteiger charge is -2.29. The van der Waals surface area contributed by atoms with Gasteiger partial charge >= 0.3 is 5.97 Å². The molecule has 2 aromatic heterocycles. The molecule has 1 amide bonds. The molecule has 0 aliphatic heterocycles. The van der Waals surface area contributed by atoms with E-state index in [-0.39, 0.29) is 24.0 Å². The number of rotatable bonds is 15. The number of amides is 1. The highest BCUT2D eigenvalue weighted by molar-refractivity contribution is 7.14. The van der Waals surface area contributed by atoms with E-state index < -0.39 is 23.8 Å². The minimum atomic E-state index is -1.13. The van der Waals surface area contributed by atoms with Crippen molar-refractivity contribution in [3.8, 4) is 22.5 Å². The van der Waals surface area contributed by atoms with Gasteiger partial charge in [-0.3, -0.25) is 14.4 Å². The number of aromatic nitrogens is 2. The summed E-state index contributed by atoms with van der Waals surface area (Å²) in [6, 6.07) is 19.3. The van der Waals surface area contributed by atoms with Crippen LogP contribution in [0.3, 0.4) is 0 Å². The van der Waals surface area contributed by atoms with Gasteiger partial charge in [-0.1, -0.05) is 102 Å². The lowest BCUT2D eigenvalue weighted by Crippen LogP contribution is -2.42. The molecule has 8 heteroatoms. The van der Waals surface area contributed by atoms with Crippen molar-refractivity contribution < 1.29 is 19.5 Å². The zero-order chi connectivity index (χ0) is 36.5. The monoisotopic (exact) mass is 707 g/mol. The molecule has 4 aromatic rings. The van der Waals surface area contributed by atoms with Crippen LogP contribution >= 0.6 is 11.3 Å². The molecule has 270 valence electrons. The Morgan fingerprint density at radius 3 is 2.10 bits per heavy atom. The number of aliphatic carboxylic acids is 1. The predicted molar refractivity (Wildman–Crippen MR) is 206 cm³/mol. The van der Waals surface area contributed by atoms with Crippen LogP contribution in [-0.4, -0.2) is 38.8 Å². The number of hydrogen-bond donors (Lipinski definition) is 2. The van der Waals surface area contributed by atoms with Crippen LogP contribution in [0.25, 0.3) is 22.5 Å². The second-order valence-corrected chi connectivity index (χ2v) is 16.4. The molecule has 0 spiro atoms. The van der Waals surface area contributed by atoms with Crippen molar-refractivity contribution in [1.82, 2.24) is 15.3 Å². The zero-order valence-electron chi connectivity index (χ0n) is 30.8. The van der Waals surface area contributed by atoms with Crippen LogP contribution in [-0.2, 0) is 21.4 Å². The molecule has 0 radical (unpaired) electrons. The van der Waals surface area contributed by atoms with Crippen molar-refractivity contribution in [3.63, 3.8) is 0 Å². The molecule has 1 saturated carbocycles. The second-order valence-electron chi connectivity index (χ2n) is 15.3. The third kappa shape index (κ3) is 10.4. The summed E-state index contributed by atoms with van der Waals surface area (Å²) in [6.45, 7) is 9.99. The molecule has 0 unspecified atom stereocenters. The normalized spacial score (nSPS) is 17.4. The van der Waals surface area contributed by atoms with Gasteiger partial charge in [0.2, 0.25) is 5.91 Å². The maximum absolute atomic E-state index is 13.3. The Hall–Kier alpha value is -4.17. The highest BCUT2D eigenvalue weighted by Gasteiger charge is 2.28. The highest BCUT2D eigenvalue weighted by Crippen LogP contribution is 2.38. The van der Waals surface area contributed by atoms with Crippen molar-refractivity contribution in [3.05, 3.63) is 93.9 Å². The van der Waals surface area contributed by atoms with E-state index >= 15 is 0 Å². The van der Waals surface area contributed by atoms with Crippen molar-refractivity contribution in [2.45, 2.75) is 116 Å². The summed E-state index contributed by atoms with van der Waals surface area (Å²) in [7, 11) is 0. The van der Waals surface area contributed by atoms with Gasteiger partial charge in [-0.05, 0) is 85.1 Å². The number of Topliss-reactive ketones (excluding diaryl/α,β-unsaturated/α-hetero) is 1. The molecule has 5 rings (SSSR count). The molecule has 2 atom stereocenters. The number of carbonyl (C=O) groups excluding carboxylic acids is 2. The van der Waals surface area contributed by atoms with Gasteiger partial charge in [0.05, 0.1) is 4.88 Å². The number of benzene rings is 2. The Morgan fingerprint density at radius 1 is 0.863 bits per heavy atom. The second kappa shape index (κ2) is 17.4. The van der Waals surface area contributed by atoms with Gasteiger partial charge in [-0.2, -0.15) is 0 Å². The Labute approximate surface area is 307 Å². The molecular formula is C43H53N3O4S. The van der Waals surface area contributed by atoms with Crippen LogP contribution in [0.4, 0.5) is 0 Å². The molecule has 0 bridgehead atoms. The Morgan fingerprint density at radius 2 is 1.51 bits per heavy atom. The average Bonchev–Trinajstić information content (AvgIpc) is 3.64. The van der Waals surface area contributed by atoms with Gasteiger partial charge in [0.25, 0.3) is 0 Å². The van der Waals surface area contributed by atoms with E-state index in [1.165, 1.54) is 75.2 Å². The molecule has 2 aromatic carbocycles. The third-order valence-corrected chi connectivity index (χ3v) is 11.8. The van der Waals surface area contributed by atoms with E-state index in [9.17, 15) is 19.5 Å². The smallest absolute Gasteiger partial charge is 0.325 e. The number of thiophene rings is 1. The first-order valence-electron chi connectivity index (χ1n) is 18.6. The quantitative estimate of drug-likeness (QED) is 0.0940. The van der Waals surface area contributed by atoms with Crippen molar-refractivity contribution in [2.75, 3.05) is 0 Å². The highest BCUT2D eigenvalue weighted by atomic mass is 32.1. The molecule has 2 N–H and O–H groups in total. The fourth-order valence-corrected chi connectivity index (χ4v) is 7.99. The van der Waals surface area contributed by atoms with Crippen LogP contribution in [0.2, 0.25) is 0 Å². The fraction of sp³-hybridized carbons (Fsp3) is 0.465. The number of nitrogens with one attached hydrogen (secondary N) is 1. The molecule has 1 aliphatic carbocycles. The molecule has 1 fully saturated rings. The largest absolute Gasteiger partial charge is 0.480 e. The minimum absolute atomic E-state index is 0.0180. The SMILES string of the molecule is CCCCCC1CCC(c2ccc(-c3cnc(-c4ccc(C[C@H](CC(=O)c5ccc(C(C)(C)C)s5)C(=O)N[C@H](C)C(=O)O)cc4)nc3)cc2)CC1. The summed E-state index contributed by atoms with van der Waals surface area (Å²) >= 11 is 1.45. The summed E-state index contributed by atoms with van der Waals surface area (Å²) in [5.74, 6) is -0.261. The van der Waals surface area contributed by atoms with E-state index in [0.717, 1.165) is 33.0 Å². The van der Waals surface area contributed by atoms with Gasteiger partial charge in [0, 0.05) is 40.7 Å². The lowest BCUT2D eigenvalue weighted by atomic mass is 9.77. The maximum atomic E-state index is 13.3. The minimum Gasteiger partial charge on any atom is -0.480 e. The van der Waals surface area contributed by atoms with Gasteiger partial charge in [-0.25, -0.2) is 9.97 Å². The first-order valence-corrected chi connectivity index (χ1v) is 19.4. The van der Waals surface area contributed by atoms with E-state index in [1.807, 2.05) is 48.8 Å². The summed E-state index contributed by atoms with van der Waals surface area (Å²) in [5.41, 5.74) is 5.12. The van der Waals surface area contributed by atoms with Gasteiger partial charge in [0.15, 0.2) is 11.6 Å². The Balaban J connectivity index is 1.21. The predicted octanol–water partition coefficient (Wildman–Crippen LogP) is 10.0. The number of carbonyl (C=O) groups is 3. The van der Waals surface area contributed by atoms with Gasteiger partial charge in [0.1, 0.15) is 6.04 Å². The average molecular weight is 708 g/mol. The van der Waals surface area contributed by atoms with Crippen molar-refractivity contribution in [1.29, 1.82) is 0 Å². The first kappa shape index (κ1) is 38.1. The van der Waals surface area contributed by atoms with E-state index in [1.54, 1.807) is 0 Å². The van der Waals surface area contributed by atoms with Gasteiger partial charge in [-0.15, -0.1) is 11.3 Å². The van der Waals surface area contributed by atoms with E-state index in [2.05, 4.69) is 67.2 Å². The molecular weight excluding hydrogens is 655 g/mol. The number of carboxylic acids is 1. The fourth-order valence-electron chi connectivity index (χ4n) is 6.98. The summed E-state index contributed by atoms with van der Waals surface area (Å²) < 4.78 is 0. The van der Waals surface area contributed by atoms with Crippen LogP contribution in [0.1, 0.15) is 124 Å². The summed E-state index contributed by atoms with van der Waals surface area (Å²) in [5, 5.41) is 11.9. The van der Waals surface area contributed by atoms with Crippen LogP contribution in [0.15, 0.2) is 73.1 Å². The number of unbranched alkanes of at least 4 members (excludes halogenated alkanes) is 2. The summed E-state index contributed by atoms with van der Waals surface area (Å²) in [4.78, 5) is 49.0.